The summed E-state index contributed by atoms with van der Waals surface area (Å²) < 4.78 is 0. The third-order valence-electron chi connectivity index (χ3n) is 2.96. The van der Waals surface area contributed by atoms with Crippen molar-refractivity contribution in [1.29, 1.82) is 0 Å². The van der Waals surface area contributed by atoms with Crippen LogP contribution in [0.5, 0.6) is 0 Å². The van der Waals surface area contributed by atoms with Gasteiger partial charge in [0.2, 0.25) is 0 Å². The van der Waals surface area contributed by atoms with Crippen molar-refractivity contribution in [3.05, 3.63) is 66.2 Å². The van der Waals surface area contributed by atoms with Gasteiger partial charge in [-0.15, -0.1) is 0 Å². The third-order valence-corrected chi connectivity index (χ3v) is 2.96. The van der Waals surface area contributed by atoms with Crippen molar-refractivity contribution in [2.75, 3.05) is 0 Å². The van der Waals surface area contributed by atoms with Crippen molar-refractivity contribution in [1.82, 2.24) is 4.98 Å². The molecule has 0 aliphatic heterocycles. The van der Waals surface area contributed by atoms with Crippen LogP contribution in [0.25, 0.3) is 22.2 Å². The molecule has 0 fully saturated rings. The van der Waals surface area contributed by atoms with E-state index in [0.29, 0.717) is 0 Å². The number of benzene rings is 2. The predicted octanol–water partition coefficient (Wildman–Crippen LogP) is 4.21. The Morgan fingerprint density at radius 2 is 1.50 bits per heavy atom. The van der Waals surface area contributed by atoms with Gasteiger partial charge in [0, 0.05) is 31.1 Å². The zero-order valence-corrected chi connectivity index (χ0v) is 12.4. The summed E-state index contributed by atoms with van der Waals surface area (Å²) in [6, 6.07) is 20.8. The van der Waals surface area contributed by atoms with E-state index >= 15 is 0 Å². The Bertz CT molecular complexity index is 662. The van der Waals surface area contributed by atoms with Gasteiger partial charge < -0.3 is 0 Å². The van der Waals surface area contributed by atoms with Gasteiger partial charge in [-0.3, -0.25) is 0 Å². The van der Waals surface area contributed by atoms with Gasteiger partial charge in [-0.1, -0.05) is 48.5 Å². The number of hydrogen-bond acceptors (Lipinski definition) is 1. The van der Waals surface area contributed by atoms with Gasteiger partial charge in [0.25, 0.3) is 0 Å². The molecule has 1 nitrogen and oxygen atoms in total. The minimum atomic E-state index is 0. The molecule has 0 N–H and O–H groups in total. The molecule has 91 valence electrons. The molecule has 3 aromatic rings. The Morgan fingerprint density at radius 3 is 2.28 bits per heavy atom. The summed E-state index contributed by atoms with van der Waals surface area (Å²) >= 11 is 0. The molecule has 2 heteroatoms. The molecule has 0 aliphatic rings. The van der Waals surface area contributed by atoms with Gasteiger partial charge in [0.05, 0.1) is 11.2 Å². The molecular formula is C16H13IrN. The minimum Gasteiger partial charge on any atom is -0.248 e. The molecule has 1 heterocycles. The SMILES string of the molecule is Cc1cc2ccccc2nc1-c1ccccc1.[Ir]. The molecule has 1 radical (unpaired) electrons. The molecule has 2 aromatic carbocycles. The molecule has 0 spiro atoms. The molecule has 1 aromatic heterocycles. The molecule has 0 saturated heterocycles. The summed E-state index contributed by atoms with van der Waals surface area (Å²) in [4.78, 5) is 4.74. The molecule has 18 heavy (non-hydrogen) atoms. The average Bonchev–Trinajstić information content (AvgIpc) is 2.39. The van der Waals surface area contributed by atoms with Crippen molar-refractivity contribution < 1.29 is 20.1 Å². The smallest absolute Gasteiger partial charge is 0.0738 e. The van der Waals surface area contributed by atoms with Crippen LogP contribution in [-0.2, 0) is 20.1 Å². The molecule has 0 saturated carbocycles. The van der Waals surface area contributed by atoms with Crippen molar-refractivity contribution in [2.45, 2.75) is 6.92 Å². The van der Waals surface area contributed by atoms with Crippen LogP contribution < -0.4 is 0 Å². The van der Waals surface area contributed by atoms with E-state index in [1.807, 2.05) is 30.3 Å². The fraction of sp³-hybridized carbons (Fsp3) is 0.0625. The maximum atomic E-state index is 4.74. The van der Waals surface area contributed by atoms with E-state index in [1.165, 1.54) is 16.5 Å². The summed E-state index contributed by atoms with van der Waals surface area (Å²) in [6.07, 6.45) is 0. The maximum absolute atomic E-state index is 4.74. The van der Waals surface area contributed by atoms with Crippen molar-refractivity contribution in [2.24, 2.45) is 0 Å². The number of para-hydroxylation sites is 1. The van der Waals surface area contributed by atoms with E-state index in [0.717, 1.165) is 11.2 Å². The molecule has 3 rings (SSSR count). The van der Waals surface area contributed by atoms with E-state index in [2.05, 4.69) is 37.3 Å². The summed E-state index contributed by atoms with van der Waals surface area (Å²) in [6.45, 7) is 2.11. The van der Waals surface area contributed by atoms with Gasteiger partial charge in [-0.05, 0) is 24.6 Å². The standard InChI is InChI=1S/C16H13N.Ir/c1-12-11-14-9-5-6-10-15(14)17-16(12)13-7-3-2-4-8-13;/h2-11H,1H3;. The zero-order valence-electron chi connectivity index (χ0n) is 10.1. The van der Waals surface area contributed by atoms with Crippen LogP contribution in [0, 0.1) is 6.92 Å². The maximum Gasteiger partial charge on any atom is 0.0738 e. The normalized spacial score (nSPS) is 10.1. The Labute approximate surface area is 120 Å². The van der Waals surface area contributed by atoms with Crippen LogP contribution in [-0.4, -0.2) is 4.98 Å². The monoisotopic (exact) mass is 412 g/mol. The van der Waals surface area contributed by atoms with Crippen LogP contribution in [0.3, 0.4) is 0 Å². The van der Waals surface area contributed by atoms with Crippen LogP contribution >= 0.6 is 0 Å². The summed E-state index contributed by atoms with van der Waals surface area (Å²) in [5.41, 5.74) is 4.52. The second kappa shape index (κ2) is 5.43. The van der Waals surface area contributed by atoms with Gasteiger partial charge in [-0.2, -0.15) is 0 Å². The van der Waals surface area contributed by atoms with Crippen LogP contribution in [0.2, 0.25) is 0 Å². The number of pyridine rings is 1. The summed E-state index contributed by atoms with van der Waals surface area (Å²) in [7, 11) is 0. The Kier molecular flexibility index (Phi) is 3.90. The van der Waals surface area contributed by atoms with Crippen molar-refractivity contribution >= 4 is 10.9 Å². The zero-order chi connectivity index (χ0) is 11.7. The molecule has 0 bridgehead atoms. The fourth-order valence-electron chi connectivity index (χ4n) is 2.11. The number of rotatable bonds is 1. The van der Waals surface area contributed by atoms with Crippen LogP contribution in [0.4, 0.5) is 0 Å². The molecule has 0 unspecified atom stereocenters. The van der Waals surface area contributed by atoms with Gasteiger partial charge in [0.15, 0.2) is 0 Å². The van der Waals surface area contributed by atoms with E-state index < -0.39 is 0 Å². The first-order chi connectivity index (χ1) is 8.34. The fourth-order valence-corrected chi connectivity index (χ4v) is 2.11. The Balaban J connectivity index is 0.00000120. The van der Waals surface area contributed by atoms with E-state index in [4.69, 9.17) is 4.98 Å². The molecular weight excluding hydrogens is 398 g/mol. The van der Waals surface area contributed by atoms with E-state index in [-0.39, 0.29) is 20.1 Å². The number of aromatic nitrogens is 1. The predicted molar refractivity (Wildman–Crippen MR) is 71.9 cm³/mol. The van der Waals surface area contributed by atoms with Crippen LogP contribution in [0.15, 0.2) is 60.7 Å². The largest absolute Gasteiger partial charge is 0.248 e. The van der Waals surface area contributed by atoms with Crippen molar-refractivity contribution in [3.8, 4) is 11.3 Å². The number of nitrogens with zero attached hydrogens (tertiary/aromatic N) is 1. The quantitative estimate of drug-likeness (QED) is 0.585. The van der Waals surface area contributed by atoms with E-state index in [1.54, 1.807) is 0 Å². The number of hydrogen-bond donors (Lipinski definition) is 0. The topological polar surface area (TPSA) is 12.9 Å². The molecule has 0 aliphatic carbocycles. The summed E-state index contributed by atoms with van der Waals surface area (Å²) in [5.74, 6) is 0. The summed E-state index contributed by atoms with van der Waals surface area (Å²) in [5, 5.41) is 1.20. The van der Waals surface area contributed by atoms with Crippen molar-refractivity contribution in [3.63, 3.8) is 0 Å². The average molecular weight is 412 g/mol. The number of aryl methyl sites for hydroxylation is 1. The van der Waals surface area contributed by atoms with Gasteiger partial charge >= 0.3 is 0 Å². The second-order valence-corrected chi connectivity index (χ2v) is 4.21. The minimum absolute atomic E-state index is 0. The number of fused-ring (bicyclic) bond motifs is 1. The van der Waals surface area contributed by atoms with E-state index in [9.17, 15) is 0 Å². The van der Waals surface area contributed by atoms with Gasteiger partial charge in [0.1, 0.15) is 0 Å². The molecule has 0 amide bonds. The Morgan fingerprint density at radius 1 is 0.833 bits per heavy atom. The Hall–Kier alpha value is -1.50. The first-order valence-corrected chi connectivity index (χ1v) is 5.76. The first-order valence-electron chi connectivity index (χ1n) is 5.76. The molecule has 0 atom stereocenters. The second-order valence-electron chi connectivity index (χ2n) is 4.21. The van der Waals surface area contributed by atoms with Gasteiger partial charge in [-0.25, -0.2) is 4.98 Å². The first kappa shape index (κ1) is 12.9. The third kappa shape index (κ3) is 2.35. The van der Waals surface area contributed by atoms with Crippen LogP contribution in [0.1, 0.15) is 5.56 Å².